The second-order valence-electron chi connectivity index (χ2n) is 10.2. The molecule has 2 bridgehead atoms. The predicted molar refractivity (Wildman–Crippen MR) is 143 cm³/mol. The second kappa shape index (κ2) is 12.9. The van der Waals surface area contributed by atoms with Crippen molar-refractivity contribution in [1.29, 1.82) is 0 Å². The molecule has 37 heavy (non-hydrogen) atoms. The van der Waals surface area contributed by atoms with Gasteiger partial charge in [0.2, 0.25) is 5.91 Å². The third-order valence-electron chi connectivity index (χ3n) is 7.05. The minimum Gasteiger partial charge on any atom is -0.394 e. The average Bonchev–Trinajstić information content (AvgIpc) is 3.37. The van der Waals surface area contributed by atoms with Gasteiger partial charge in [0.15, 0.2) is 0 Å². The van der Waals surface area contributed by atoms with Crippen molar-refractivity contribution in [3.63, 3.8) is 0 Å². The molecule has 0 saturated heterocycles. The van der Waals surface area contributed by atoms with Gasteiger partial charge in [-0.1, -0.05) is 66.7 Å². The molecule has 1 amide bonds. The van der Waals surface area contributed by atoms with Gasteiger partial charge in [-0.3, -0.25) is 14.4 Å². The van der Waals surface area contributed by atoms with Crippen LogP contribution in [-0.4, -0.2) is 74.7 Å². The number of hydrogen-bond acceptors (Lipinski definition) is 6. The number of aliphatic hydroxyl groups is 1. The van der Waals surface area contributed by atoms with Crippen molar-refractivity contribution in [2.24, 2.45) is 5.92 Å². The lowest BCUT2D eigenvalue weighted by molar-refractivity contribution is -0.136. The van der Waals surface area contributed by atoms with Crippen LogP contribution in [0.25, 0.3) is 11.1 Å². The molecule has 8 nitrogen and oxygen atoms in total. The molecule has 3 aromatic rings. The first-order valence-electron chi connectivity index (χ1n) is 13.2. The number of rotatable bonds is 7. The summed E-state index contributed by atoms with van der Waals surface area (Å²) in [5.74, 6) is 0.121. The SMILES string of the molecule is C[C@H](CO)N1C[C@H](C)[C@@H](CN(C)Cc2ccc(-c3ccccc3)cc2)OCc2cn(nn2)CCCC1=O. The number of aromatic nitrogens is 3. The first-order valence-corrected chi connectivity index (χ1v) is 13.2. The molecule has 2 heterocycles. The summed E-state index contributed by atoms with van der Waals surface area (Å²) in [6, 6.07) is 18.8. The summed E-state index contributed by atoms with van der Waals surface area (Å²) in [6.07, 6.45) is 2.87. The lowest BCUT2D eigenvalue weighted by Crippen LogP contribution is -2.47. The number of ether oxygens (including phenoxy) is 1. The standard InChI is InChI=1S/C29H39N5O3/c1-22-16-34(23(2)20-35)29(36)10-7-15-33-18-27(30-31-33)21-37-28(22)19-32(3)17-24-11-13-26(14-12-24)25-8-5-4-6-9-25/h4-6,8-9,11-14,18,22-23,28,35H,7,10,15-17,19-21H2,1-3H3/t22-,23+,28+/m0/s1. The average molecular weight is 506 g/mol. The number of hydrogen-bond donors (Lipinski definition) is 1. The summed E-state index contributed by atoms with van der Waals surface area (Å²) < 4.78 is 8.16. The number of amides is 1. The molecule has 0 aliphatic carbocycles. The molecule has 0 radical (unpaired) electrons. The van der Waals surface area contributed by atoms with Gasteiger partial charge in [0, 0.05) is 38.5 Å². The van der Waals surface area contributed by atoms with Gasteiger partial charge in [0.25, 0.3) is 0 Å². The lowest BCUT2D eigenvalue weighted by Gasteiger charge is -2.35. The predicted octanol–water partition coefficient (Wildman–Crippen LogP) is 3.60. The van der Waals surface area contributed by atoms with E-state index in [1.807, 2.05) is 24.1 Å². The van der Waals surface area contributed by atoms with Crippen LogP contribution in [0.1, 0.15) is 37.9 Å². The van der Waals surface area contributed by atoms with Crippen molar-refractivity contribution in [1.82, 2.24) is 24.8 Å². The zero-order valence-electron chi connectivity index (χ0n) is 22.2. The van der Waals surface area contributed by atoms with Crippen LogP contribution in [0.5, 0.6) is 0 Å². The maximum absolute atomic E-state index is 13.0. The van der Waals surface area contributed by atoms with Crippen molar-refractivity contribution < 1.29 is 14.6 Å². The molecule has 3 atom stereocenters. The van der Waals surface area contributed by atoms with Crippen molar-refractivity contribution in [2.75, 3.05) is 26.7 Å². The number of nitrogens with zero attached hydrogens (tertiary/aromatic N) is 5. The number of fused-ring (bicyclic) bond motifs is 2. The maximum atomic E-state index is 13.0. The van der Waals surface area contributed by atoms with Crippen molar-refractivity contribution in [2.45, 2.75) is 58.5 Å². The fourth-order valence-electron chi connectivity index (χ4n) is 4.81. The Balaban J connectivity index is 1.45. The van der Waals surface area contributed by atoms with Crippen LogP contribution < -0.4 is 0 Å². The molecule has 1 aliphatic heterocycles. The topological polar surface area (TPSA) is 83.7 Å². The Morgan fingerprint density at radius 2 is 1.86 bits per heavy atom. The number of aliphatic hydroxyl groups excluding tert-OH is 1. The number of likely N-dealkylation sites (N-methyl/N-ethyl adjacent to an activating group) is 1. The lowest BCUT2D eigenvalue weighted by atomic mass is 10.0. The molecule has 0 fully saturated rings. The Labute approximate surface area is 219 Å². The third-order valence-corrected chi connectivity index (χ3v) is 7.05. The molecule has 1 aliphatic rings. The van der Waals surface area contributed by atoms with Crippen LogP contribution in [0.15, 0.2) is 60.8 Å². The fraction of sp³-hybridized carbons (Fsp3) is 0.483. The number of benzene rings is 2. The van der Waals surface area contributed by atoms with E-state index in [2.05, 4.69) is 77.7 Å². The molecule has 4 rings (SSSR count). The number of carbonyl (C=O) groups is 1. The Morgan fingerprint density at radius 3 is 2.59 bits per heavy atom. The quantitative estimate of drug-likeness (QED) is 0.528. The number of carbonyl (C=O) groups excluding carboxylic acids is 1. The highest BCUT2D eigenvalue weighted by molar-refractivity contribution is 5.76. The van der Waals surface area contributed by atoms with E-state index < -0.39 is 0 Å². The van der Waals surface area contributed by atoms with Crippen LogP contribution in [-0.2, 0) is 29.2 Å². The maximum Gasteiger partial charge on any atom is 0.222 e. The fourth-order valence-corrected chi connectivity index (χ4v) is 4.81. The second-order valence-corrected chi connectivity index (χ2v) is 10.2. The minimum atomic E-state index is -0.237. The Morgan fingerprint density at radius 1 is 1.14 bits per heavy atom. The van der Waals surface area contributed by atoms with Crippen molar-refractivity contribution >= 4 is 5.91 Å². The highest BCUT2D eigenvalue weighted by atomic mass is 16.5. The summed E-state index contributed by atoms with van der Waals surface area (Å²) in [6.45, 7) is 6.98. The molecular weight excluding hydrogens is 466 g/mol. The van der Waals surface area contributed by atoms with E-state index in [0.29, 0.717) is 39.1 Å². The van der Waals surface area contributed by atoms with Crippen LogP contribution in [0.4, 0.5) is 0 Å². The molecule has 0 saturated carbocycles. The Kier molecular flexibility index (Phi) is 9.44. The van der Waals surface area contributed by atoms with E-state index in [0.717, 1.165) is 12.2 Å². The van der Waals surface area contributed by atoms with Crippen LogP contribution >= 0.6 is 0 Å². The summed E-state index contributed by atoms with van der Waals surface area (Å²) in [4.78, 5) is 17.1. The van der Waals surface area contributed by atoms with Gasteiger partial charge in [0.1, 0.15) is 5.69 Å². The normalized spacial score (nSPS) is 20.2. The van der Waals surface area contributed by atoms with Gasteiger partial charge in [-0.2, -0.15) is 0 Å². The highest BCUT2D eigenvalue weighted by Crippen LogP contribution is 2.21. The van der Waals surface area contributed by atoms with Gasteiger partial charge in [-0.15, -0.1) is 5.10 Å². The van der Waals surface area contributed by atoms with Gasteiger partial charge < -0.3 is 14.7 Å². The summed E-state index contributed by atoms with van der Waals surface area (Å²) >= 11 is 0. The van der Waals surface area contributed by atoms with E-state index in [1.54, 1.807) is 4.68 Å². The van der Waals surface area contributed by atoms with E-state index in [4.69, 9.17) is 4.74 Å². The molecule has 1 aromatic heterocycles. The van der Waals surface area contributed by atoms with E-state index in [9.17, 15) is 9.90 Å². The van der Waals surface area contributed by atoms with Crippen molar-refractivity contribution in [3.05, 3.63) is 72.1 Å². The van der Waals surface area contributed by atoms with Gasteiger partial charge in [0.05, 0.1) is 31.6 Å². The summed E-state index contributed by atoms with van der Waals surface area (Å²) in [7, 11) is 2.10. The van der Waals surface area contributed by atoms with Gasteiger partial charge >= 0.3 is 0 Å². The van der Waals surface area contributed by atoms with Crippen LogP contribution in [0, 0.1) is 5.92 Å². The Hall–Kier alpha value is -3.07. The molecule has 0 unspecified atom stereocenters. The monoisotopic (exact) mass is 505 g/mol. The molecule has 198 valence electrons. The van der Waals surface area contributed by atoms with Gasteiger partial charge in [-0.25, -0.2) is 0 Å². The molecule has 2 aromatic carbocycles. The van der Waals surface area contributed by atoms with Gasteiger partial charge in [-0.05, 0) is 37.1 Å². The zero-order valence-corrected chi connectivity index (χ0v) is 22.2. The molecular formula is C29H39N5O3. The molecule has 0 spiro atoms. The van der Waals surface area contributed by atoms with E-state index in [-0.39, 0.29) is 30.6 Å². The largest absolute Gasteiger partial charge is 0.394 e. The Bertz CT molecular complexity index is 1120. The van der Waals surface area contributed by atoms with Crippen molar-refractivity contribution in [3.8, 4) is 11.1 Å². The smallest absolute Gasteiger partial charge is 0.222 e. The zero-order chi connectivity index (χ0) is 26.2. The minimum absolute atomic E-state index is 0.0543. The summed E-state index contributed by atoms with van der Waals surface area (Å²) in [5.41, 5.74) is 4.44. The van der Waals surface area contributed by atoms with Crippen LogP contribution in [0.3, 0.4) is 0 Å². The van der Waals surface area contributed by atoms with Crippen LogP contribution in [0.2, 0.25) is 0 Å². The highest BCUT2D eigenvalue weighted by Gasteiger charge is 2.28. The third kappa shape index (κ3) is 7.47. The number of aryl methyl sites for hydroxylation is 1. The first-order chi connectivity index (χ1) is 17.9. The summed E-state index contributed by atoms with van der Waals surface area (Å²) in [5, 5.41) is 18.2. The molecule has 1 N–H and O–H groups in total. The van der Waals surface area contributed by atoms with E-state index in [1.165, 1.54) is 16.7 Å². The molecule has 8 heteroatoms. The van der Waals surface area contributed by atoms with E-state index >= 15 is 0 Å². The first kappa shape index (κ1) is 27.0.